The largest absolute Gasteiger partial charge is 0.497 e. The maximum absolute atomic E-state index is 13.7. The summed E-state index contributed by atoms with van der Waals surface area (Å²) >= 11 is 0. The highest BCUT2D eigenvalue weighted by Crippen LogP contribution is 2.33. The lowest BCUT2D eigenvalue weighted by Gasteiger charge is -2.31. The zero-order valence-electron chi connectivity index (χ0n) is 21.9. The number of rotatable bonds is 10. The number of nitrogens with zero attached hydrogens (tertiary/aromatic N) is 4. The molecule has 0 spiro atoms. The zero-order valence-corrected chi connectivity index (χ0v) is 21.9. The molecular formula is C28H36N4O5. The van der Waals surface area contributed by atoms with E-state index in [-0.39, 0.29) is 31.0 Å². The predicted molar refractivity (Wildman–Crippen MR) is 141 cm³/mol. The number of morpholine rings is 1. The molecule has 4 rings (SSSR count). The average molecular weight is 509 g/mol. The minimum atomic E-state index is -0.257. The van der Waals surface area contributed by atoms with Crippen LogP contribution in [0.25, 0.3) is 0 Å². The molecule has 1 fully saturated rings. The van der Waals surface area contributed by atoms with Crippen molar-refractivity contribution in [2.75, 3.05) is 66.8 Å². The molecule has 2 heterocycles. The molecule has 198 valence electrons. The Balaban J connectivity index is 1.56. The standard InChI is InChI=1S/C28H36N4O5/c1-21-7-9-22(10-8-21)26-18-25(23-5-4-6-24(17-23)36-3)29-32(26)27(33)19-31(28(34)20-35-2)12-11-30-13-15-37-16-14-30/h4-10,17,26H,11-16,18-20H2,1-3H3/t26-/m1/s1. The summed E-state index contributed by atoms with van der Waals surface area (Å²) in [5.74, 6) is 0.290. The first-order valence-corrected chi connectivity index (χ1v) is 12.7. The van der Waals surface area contributed by atoms with Gasteiger partial charge in [-0.1, -0.05) is 42.0 Å². The molecule has 0 radical (unpaired) electrons. The Morgan fingerprint density at radius 3 is 2.57 bits per heavy atom. The molecule has 1 atom stereocenters. The van der Waals surface area contributed by atoms with Crippen LogP contribution in [0.5, 0.6) is 5.75 Å². The van der Waals surface area contributed by atoms with E-state index >= 15 is 0 Å². The summed E-state index contributed by atoms with van der Waals surface area (Å²) in [6, 6.07) is 15.6. The Hall–Kier alpha value is -3.27. The number of hydrazone groups is 1. The van der Waals surface area contributed by atoms with Gasteiger partial charge in [0.05, 0.1) is 32.1 Å². The molecule has 2 amide bonds. The lowest BCUT2D eigenvalue weighted by Crippen LogP contribution is -2.47. The number of carbonyl (C=O) groups excluding carboxylic acids is 2. The Bertz CT molecular complexity index is 1100. The molecule has 9 heteroatoms. The molecule has 37 heavy (non-hydrogen) atoms. The number of hydrogen-bond donors (Lipinski definition) is 0. The Kier molecular flexibility index (Phi) is 9.27. The van der Waals surface area contributed by atoms with Crippen molar-refractivity contribution in [1.82, 2.24) is 14.8 Å². The van der Waals surface area contributed by atoms with Crippen molar-refractivity contribution in [1.29, 1.82) is 0 Å². The second-order valence-corrected chi connectivity index (χ2v) is 9.35. The molecular weight excluding hydrogens is 472 g/mol. The van der Waals surface area contributed by atoms with Gasteiger partial charge in [0.1, 0.15) is 18.9 Å². The third kappa shape index (κ3) is 6.94. The van der Waals surface area contributed by atoms with Crippen LogP contribution in [0.2, 0.25) is 0 Å². The van der Waals surface area contributed by atoms with Crippen molar-refractivity contribution in [2.24, 2.45) is 5.10 Å². The topological polar surface area (TPSA) is 83.9 Å². The van der Waals surface area contributed by atoms with Crippen molar-refractivity contribution in [3.63, 3.8) is 0 Å². The third-order valence-corrected chi connectivity index (χ3v) is 6.77. The summed E-state index contributed by atoms with van der Waals surface area (Å²) in [5, 5.41) is 6.31. The van der Waals surface area contributed by atoms with E-state index in [0.717, 1.165) is 41.2 Å². The van der Waals surface area contributed by atoms with E-state index in [1.165, 1.54) is 7.11 Å². The molecule has 2 aliphatic heterocycles. The summed E-state index contributed by atoms with van der Waals surface area (Å²) in [4.78, 5) is 30.4. The van der Waals surface area contributed by atoms with Crippen molar-refractivity contribution >= 4 is 17.5 Å². The van der Waals surface area contributed by atoms with Crippen LogP contribution in [0.1, 0.15) is 29.2 Å². The molecule has 1 saturated heterocycles. The molecule has 2 aliphatic rings. The first kappa shape index (κ1) is 26.8. The van der Waals surface area contributed by atoms with E-state index in [1.807, 2.05) is 55.5 Å². The summed E-state index contributed by atoms with van der Waals surface area (Å²) in [5.41, 5.74) is 3.86. The van der Waals surface area contributed by atoms with Gasteiger partial charge < -0.3 is 19.1 Å². The summed E-state index contributed by atoms with van der Waals surface area (Å²) < 4.78 is 15.9. The number of methoxy groups -OCH3 is 2. The van der Waals surface area contributed by atoms with Crippen LogP contribution in [-0.4, -0.2) is 99.1 Å². The van der Waals surface area contributed by atoms with Gasteiger partial charge in [0, 0.05) is 45.3 Å². The lowest BCUT2D eigenvalue weighted by molar-refractivity contribution is -0.143. The first-order chi connectivity index (χ1) is 18.0. The van der Waals surface area contributed by atoms with E-state index in [4.69, 9.17) is 19.3 Å². The zero-order chi connectivity index (χ0) is 26.2. The minimum Gasteiger partial charge on any atom is -0.497 e. The number of carbonyl (C=O) groups is 2. The normalized spacial score (nSPS) is 18.0. The Morgan fingerprint density at radius 2 is 1.86 bits per heavy atom. The van der Waals surface area contributed by atoms with Crippen LogP contribution in [0.15, 0.2) is 53.6 Å². The average Bonchev–Trinajstić information content (AvgIpc) is 3.38. The fourth-order valence-electron chi connectivity index (χ4n) is 4.59. The highest BCUT2D eigenvalue weighted by atomic mass is 16.5. The van der Waals surface area contributed by atoms with Crippen LogP contribution < -0.4 is 4.74 Å². The van der Waals surface area contributed by atoms with Crippen molar-refractivity contribution in [2.45, 2.75) is 19.4 Å². The number of benzene rings is 2. The second-order valence-electron chi connectivity index (χ2n) is 9.35. The van der Waals surface area contributed by atoms with Gasteiger partial charge in [0.2, 0.25) is 5.91 Å². The maximum atomic E-state index is 13.7. The van der Waals surface area contributed by atoms with Crippen LogP contribution in [-0.2, 0) is 19.1 Å². The van der Waals surface area contributed by atoms with Gasteiger partial charge in [0.25, 0.3) is 5.91 Å². The molecule has 0 aliphatic carbocycles. The van der Waals surface area contributed by atoms with Gasteiger partial charge in [-0.3, -0.25) is 14.5 Å². The Morgan fingerprint density at radius 1 is 1.11 bits per heavy atom. The second kappa shape index (κ2) is 12.8. The quantitative estimate of drug-likeness (QED) is 0.490. The molecule has 0 saturated carbocycles. The molecule has 9 nitrogen and oxygen atoms in total. The summed E-state index contributed by atoms with van der Waals surface area (Å²) in [6.07, 6.45) is 0.571. The van der Waals surface area contributed by atoms with Crippen LogP contribution in [0.3, 0.4) is 0 Å². The van der Waals surface area contributed by atoms with E-state index in [0.29, 0.717) is 32.7 Å². The summed E-state index contributed by atoms with van der Waals surface area (Å²) in [6.45, 7) is 5.99. The van der Waals surface area contributed by atoms with Crippen molar-refractivity contribution in [3.8, 4) is 5.75 Å². The number of aryl methyl sites for hydroxylation is 1. The van der Waals surface area contributed by atoms with Gasteiger partial charge in [-0.15, -0.1) is 0 Å². The fourth-order valence-corrected chi connectivity index (χ4v) is 4.59. The van der Waals surface area contributed by atoms with Crippen molar-refractivity contribution in [3.05, 3.63) is 65.2 Å². The highest BCUT2D eigenvalue weighted by molar-refractivity contribution is 6.03. The molecule has 0 N–H and O–H groups in total. The van der Waals surface area contributed by atoms with Crippen LogP contribution in [0.4, 0.5) is 0 Å². The van der Waals surface area contributed by atoms with Gasteiger partial charge in [0.15, 0.2) is 0 Å². The van der Waals surface area contributed by atoms with Crippen LogP contribution in [0, 0.1) is 6.92 Å². The molecule has 0 aromatic heterocycles. The number of amides is 2. The third-order valence-electron chi connectivity index (χ3n) is 6.77. The van der Waals surface area contributed by atoms with Crippen LogP contribution >= 0.6 is 0 Å². The highest BCUT2D eigenvalue weighted by Gasteiger charge is 2.34. The van der Waals surface area contributed by atoms with Gasteiger partial charge in [-0.05, 0) is 24.6 Å². The van der Waals surface area contributed by atoms with E-state index < -0.39 is 0 Å². The molecule has 0 bridgehead atoms. The van der Waals surface area contributed by atoms with Gasteiger partial charge >= 0.3 is 0 Å². The Labute approximate surface area is 218 Å². The number of hydrogen-bond acceptors (Lipinski definition) is 7. The predicted octanol–water partition coefficient (Wildman–Crippen LogP) is 2.49. The monoisotopic (exact) mass is 508 g/mol. The van der Waals surface area contributed by atoms with Gasteiger partial charge in [-0.25, -0.2) is 5.01 Å². The first-order valence-electron chi connectivity index (χ1n) is 12.7. The van der Waals surface area contributed by atoms with E-state index in [9.17, 15) is 9.59 Å². The molecule has 0 unspecified atom stereocenters. The molecule has 2 aromatic rings. The van der Waals surface area contributed by atoms with Gasteiger partial charge in [-0.2, -0.15) is 5.10 Å². The smallest absolute Gasteiger partial charge is 0.262 e. The lowest BCUT2D eigenvalue weighted by atomic mass is 9.97. The molecule has 2 aromatic carbocycles. The minimum absolute atomic E-state index is 0.0657. The van der Waals surface area contributed by atoms with E-state index in [1.54, 1.807) is 17.0 Å². The SMILES string of the molecule is COCC(=O)N(CCN1CCOCC1)CC(=O)N1N=C(c2cccc(OC)c2)C[C@@H]1c1ccc(C)cc1. The number of ether oxygens (including phenoxy) is 3. The van der Waals surface area contributed by atoms with Crippen molar-refractivity contribution < 1.29 is 23.8 Å². The fraction of sp³-hybridized carbons (Fsp3) is 0.464. The maximum Gasteiger partial charge on any atom is 0.262 e. The summed E-state index contributed by atoms with van der Waals surface area (Å²) in [7, 11) is 3.11. The van der Waals surface area contributed by atoms with E-state index in [2.05, 4.69) is 4.90 Å².